The first kappa shape index (κ1) is 22.7. The van der Waals surface area contributed by atoms with Gasteiger partial charge in [0.1, 0.15) is 0 Å². The zero-order chi connectivity index (χ0) is 22.5. The van der Waals surface area contributed by atoms with Crippen LogP contribution in [0.15, 0.2) is 24.3 Å². The number of rotatable bonds is 6. The largest absolute Gasteiger partial charge is 0.379 e. The molecule has 1 unspecified atom stereocenters. The number of piperazine rings is 1. The number of carbonyl (C=O) groups excluding carboxylic acids is 3. The molecule has 2 amide bonds. The molecule has 1 aromatic carbocycles. The van der Waals surface area contributed by atoms with Crippen LogP contribution >= 0.6 is 0 Å². The Morgan fingerprint density at radius 2 is 1.66 bits per heavy atom. The second-order valence-corrected chi connectivity index (χ2v) is 8.94. The number of ketones is 1. The number of hydrogen-bond donors (Lipinski definition) is 0. The van der Waals surface area contributed by atoms with Gasteiger partial charge in [0.15, 0.2) is 5.78 Å². The third kappa shape index (κ3) is 5.48. The Balaban J connectivity index is 1.26. The summed E-state index contributed by atoms with van der Waals surface area (Å²) in [6.45, 7) is 9.88. The number of morpholine rings is 1. The molecular formula is C24H34N4O4. The number of carbonyl (C=O) groups is 3. The Bertz CT molecular complexity index is 814. The minimum atomic E-state index is -0.0983. The zero-order valence-electron chi connectivity index (χ0n) is 19.0. The van der Waals surface area contributed by atoms with Crippen LogP contribution in [0.1, 0.15) is 30.1 Å². The molecule has 3 aliphatic heterocycles. The third-order valence-electron chi connectivity index (χ3n) is 6.87. The van der Waals surface area contributed by atoms with E-state index < -0.39 is 0 Å². The highest BCUT2D eigenvalue weighted by Crippen LogP contribution is 2.23. The van der Waals surface area contributed by atoms with Gasteiger partial charge in [-0.15, -0.1) is 0 Å². The van der Waals surface area contributed by atoms with Crippen LogP contribution in [-0.2, 0) is 14.3 Å². The van der Waals surface area contributed by atoms with Gasteiger partial charge in [0.2, 0.25) is 11.8 Å². The molecule has 174 valence electrons. The number of ether oxygens (including phenoxy) is 1. The fourth-order valence-corrected chi connectivity index (χ4v) is 4.77. The monoisotopic (exact) mass is 442 g/mol. The van der Waals surface area contributed by atoms with Crippen molar-refractivity contribution < 1.29 is 19.1 Å². The number of amides is 2. The molecule has 0 aliphatic carbocycles. The number of likely N-dealkylation sites (tertiary alicyclic amines) is 1. The van der Waals surface area contributed by atoms with Crippen molar-refractivity contribution in [2.45, 2.75) is 19.8 Å². The van der Waals surface area contributed by atoms with Crippen molar-refractivity contribution in [1.29, 1.82) is 0 Å². The summed E-state index contributed by atoms with van der Waals surface area (Å²) in [6, 6.07) is 7.68. The highest BCUT2D eigenvalue weighted by molar-refractivity contribution is 5.94. The summed E-state index contributed by atoms with van der Waals surface area (Å²) in [6.07, 6.45) is 1.11. The van der Waals surface area contributed by atoms with E-state index in [2.05, 4.69) is 9.80 Å². The maximum Gasteiger partial charge on any atom is 0.227 e. The van der Waals surface area contributed by atoms with Gasteiger partial charge in [-0.05, 0) is 37.6 Å². The Labute approximate surface area is 190 Å². The number of hydrogen-bond acceptors (Lipinski definition) is 6. The highest BCUT2D eigenvalue weighted by Gasteiger charge is 2.34. The lowest BCUT2D eigenvalue weighted by molar-refractivity contribution is -0.143. The van der Waals surface area contributed by atoms with Crippen LogP contribution in [0.4, 0.5) is 5.69 Å². The molecule has 0 radical (unpaired) electrons. The minimum absolute atomic E-state index is 0.0666. The normalized spacial score (nSPS) is 22.8. The van der Waals surface area contributed by atoms with E-state index in [1.807, 2.05) is 34.1 Å². The van der Waals surface area contributed by atoms with Crippen LogP contribution in [0.3, 0.4) is 0 Å². The molecule has 32 heavy (non-hydrogen) atoms. The molecule has 0 bridgehead atoms. The Morgan fingerprint density at radius 1 is 0.969 bits per heavy atom. The quantitative estimate of drug-likeness (QED) is 0.615. The van der Waals surface area contributed by atoms with Crippen LogP contribution in [0.25, 0.3) is 0 Å². The summed E-state index contributed by atoms with van der Waals surface area (Å²) >= 11 is 0. The number of benzene rings is 1. The zero-order valence-corrected chi connectivity index (χ0v) is 19.0. The van der Waals surface area contributed by atoms with Crippen molar-refractivity contribution in [1.82, 2.24) is 14.7 Å². The van der Waals surface area contributed by atoms with Crippen molar-refractivity contribution in [3.8, 4) is 0 Å². The predicted octanol–water partition coefficient (Wildman–Crippen LogP) is 1.11. The van der Waals surface area contributed by atoms with Gasteiger partial charge in [-0.1, -0.05) is 0 Å². The van der Waals surface area contributed by atoms with Gasteiger partial charge in [0.05, 0.1) is 19.1 Å². The summed E-state index contributed by atoms with van der Waals surface area (Å²) in [5.41, 5.74) is 1.80. The van der Waals surface area contributed by atoms with Crippen molar-refractivity contribution in [3.05, 3.63) is 29.8 Å². The minimum Gasteiger partial charge on any atom is -0.379 e. The van der Waals surface area contributed by atoms with E-state index in [1.165, 1.54) is 0 Å². The van der Waals surface area contributed by atoms with E-state index >= 15 is 0 Å². The van der Waals surface area contributed by atoms with E-state index in [4.69, 9.17) is 4.74 Å². The van der Waals surface area contributed by atoms with Gasteiger partial charge in [-0.25, -0.2) is 0 Å². The van der Waals surface area contributed by atoms with Crippen LogP contribution < -0.4 is 4.90 Å². The molecule has 3 aliphatic rings. The molecule has 8 heteroatoms. The summed E-state index contributed by atoms with van der Waals surface area (Å²) in [4.78, 5) is 45.5. The first-order chi connectivity index (χ1) is 15.5. The van der Waals surface area contributed by atoms with Crippen molar-refractivity contribution in [2.75, 3.05) is 77.0 Å². The summed E-state index contributed by atoms with van der Waals surface area (Å²) in [7, 11) is 0. The molecule has 1 atom stereocenters. The average molecular weight is 443 g/mol. The van der Waals surface area contributed by atoms with Crippen LogP contribution in [0, 0.1) is 5.92 Å². The molecule has 3 fully saturated rings. The Hall–Kier alpha value is -2.45. The summed E-state index contributed by atoms with van der Waals surface area (Å²) in [5.74, 6) is 0.317. The van der Waals surface area contributed by atoms with Gasteiger partial charge in [0, 0.05) is 76.6 Å². The van der Waals surface area contributed by atoms with Crippen LogP contribution in [0.2, 0.25) is 0 Å². The molecular weight excluding hydrogens is 408 g/mol. The van der Waals surface area contributed by atoms with Gasteiger partial charge >= 0.3 is 0 Å². The third-order valence-corrected chi connectivity index (χ3v) is 6.87. The SMILES string of the molecule is CC(=O)c1ccc(N2CCN(C(=O)C3CCC(=O)N(CCN4CCOCC4)C3)CC2)cc1. The molecule has 8 nitrogen and oxygen atoms in total. The van der Waals surface area contributed by atoms with Crippen LogP contribution in [0.5, 0.6) is 0 Å². The Morgan fingerprint density at radius 3 is 2.31 bits per heavy atom. The standard InChI is InChI=1S/C24H34N4O4/c1-19(29)20-2-5-22(6-3-20)26-10-12-27(13-11-26)24(31)21-4-7-23(30)28(18-21)9-8-25-14-16-32-17-15-25/h2-3,5-6,21H,4,7-18H2,1H3. The summed E-state index contributed by atoms with van der Waals surface area (Å²) in [5, 5.41) is 0. The molecule has 3 heterocycles. The van der Waals surface area contributed by atoms with Crippen molar-refractivity contribution in [3.63, 3.8) is 0 Å². The van der Waals surface area contributed by atoms with E-state index in [1.54, 1.807) is 6.92 Å². The molecule has 3 saturated heterocycles. The fraction of sp³-hybridized carbons (Fsp3) is 0.625. The maximum absolute atomic E-state index is 13.2. The first-order valence-electron chi connectivity index (χ1n) is 11.7. The van der Waals surface area contributed by atoms with Gasteiger partial charge in [-0.3, -0.25) is 19.3 Å². The van der Waals surface area contributed by atoms with E-state index in [0.29, 0.717) is 44.6 Å². The molecule has 1 aromatic rings. The number of nitrogens with zero attached hydrogens (tertiary/aromatic N) is 4. The molecule has 4 rings (SSSR count). The summed E-state index contributed by atoms with van der Waals surface area (Å²) < 4.78 is 5.39. The highest BCUT2D eigenvalue weighted by atomic mass is 16.5. The smallest absolute Gasteiger partial charge is 0.227 e. The lowest BCUT2D eigenvalue weighted by Gasteiger charge is -2.40. The molecule has 0 N–H and O–H groups in total. The number of anilines is 1. The number of Topliss-reactive ketones (excluding diaryl/α,β-unsaturated/α-hetero) is 1. The lowest BCUT2D eigenvalue weighted by atomic mass is 9.95. The predicted molar refractivity (Wildman–Crippen MR) is 122 cm³/mol. The topological polar surface area (TPSA) is 73.4 Å². The number of piperidine rings is 1. The van der Waals surface area contributed by atoms with Gasteiger partial charge in [0.25, 0.3) is 0 Å². The van der Waals surface area contributed by atoms with E-state index in [0.717, 1.165) is 51.6 Å². The molecule has 0 aromatic heterocycles. The second kappa shape index (κ2) is 10.4. The first-order valence-corrected chi connectivity index (χ1v) is 11.7. The van der Waals surface area contributed by atoms with Crippen molar-refractivity contribution >= 4 is 23.3 Å². The van der Waals surface area contributed by atoms with E-state index in [-0.39, 0.29) is 23.5 Å². The maximum atomic E-state index is 13.2. The average Bonchev–Trinajstić information content (AvgIpc) is 2.84. The lowest BCUT2D eigenvalue weighted by Crippen LogP contribution is -2.54. The molecule has 0 saturated carbocycles. The Kier molecular flexibility index (Phi) is 7.42. The van der Waals surface area contributed by atoms with Gasteiger partial charge in [-0.2, -0.15) is 0 Å². The second-order valence-electron chi connectivity index (χ2n) is 8.94. The van der Waals surface area contributed by atoms with Crippen LogP contribution in [-0.4, -0.2) is 104 Å². The van der Waals surface area contributed by atoms with Gasteiger partial charge < -0.3 is 19.4 Å². The fourth-order valence-electron chi connectivity index (χ4n) is 4.77. The van der Waals surface area contributed by atoms with E-state index in [9.17, 15) is 14.4 Å². The van der Waals surface area contributed by atoms with Crippen molar-refractivity contribution in [2.24, 2.45) is 5.92 Å². The molecule has 0 spiro atoms.